The predicted octanol–water partition coefficient (Wildman–Crippen LogP) is 3.16. The highest BCUT2D eigenvalue weighted by Gasteiger charge is 2.16. The van der Waals surface area contributed by atoms with E-state index in [1.165, 1.54) is 0 Å². The van der Waals surface area contributed by atoms with Crippen LogP contribution in [-0.4, -0.2) is 5.91 Å². The van der Waals surface area contributed by atoms with Gasteiger partial charge in [0.15, 0.2) is 0 Å². The number of anilines is 1. The molecule has 0 radical (unpaired) electrons. The van der Waals surface area contributed by atoms with Crippen molar-refractivity contribution in [1.29, 1.82) is 0 Å². The van der Waals surface area contributed by atoms with Crippen molar-refractivity contribution in [2.75, 3.05) is 5.43 Å². The molecule has 0 heterocycles. The number of nitrogens with two attached hydrogens (primary N) is 1. The molecule has 1 amide bonds. The van der Waals surface area contributed by atoms with Crippen molar-refractivity contribution >= 4 is 11.6 Å². The lowest BCUT2D eigenvalue weighted by Gasteiger charge is -2.18. The molecule has 0 saturated heterocycles. The molecular weight excluding hydrogens is 262 g/mol. The van der Waals surface area contributed by atoms with Crippen LogP contribution in [0.15, 0.2) is 48.5 Å². The van der Waals surface area contributed by atoms with Crippen LogP contribution < -0.4 is 16.6 Å². The van der Waals surface area contributed by atoms with Gasteiger partial charge in [-0.15, -0.1) is 0 Å². The second-order valence-electron chi connectivity index (χ2n) is 5.04. The summed E-state index contributed by atoms with van der Waals surface area (Å²) in [5, 5.41) is 3.06. The SMILES string of the molecule is CCC(NC(=O)c1ccc(C)cc1NN)c1ccccc1. The van der Waals surface area contributed by atoms with Crippen LogP contribution in [0.2, 0.25) is 0 Å². The summed E-state index contributed by atoms with van der Waals surface area (Å²) in [5.74, 6) is 5.38. The van der Waals surface area contributed by atoms with Gasteiger partial charge >= 0.3 is 0 Å². The molecule has 4 N–H and O–H groups in total. The summed E-state index contributed by atoms with van der Waals surface area (Å²) in [6.45, 7) is 4.01. The summed E-state index contributed by atoms with van der Waals surface area (Å²) >= 11 is 0. The van der Waals surface area contributed by atoms with Crippen LogP contribution in [0.5, 0.6) is 0 Å². The van der Waals surface area contributed by atoms with E-state index in [-0.39, 0.29) is 11.9 Å². The molecule has 0 spiro atoms. The Balaban J connectivity index is 2.21. The highest BCUT2D eigenvalue weighted by molar-refractivity contribution is 5.99. The maximum Gasteiger partial charge on any atom is 0.253 e. The van der Waals surface area contributed by atoms with E-state index in [1.54, 1.807) is 6.07 Å². The first-order chi connectivity index (χ1) is 10.2. The van der Waals surface area contributed by atoms with E-state index >= 15 is 0 Å². The van der Waals surface area contributed by atoms with E-state index in [2.05, 4.69) is 17.7 Å². The zero-order valence-corrected chi connectivity index (χ0v) is 12.4. The van der Waals surface area contributed by atoms with Crippen LogP contribution in [0.3, 0.4) is 0 Å². The van der Waals surface area contributed by atoms with Crippen molar-refractivity contribution in [3.8, 4) is 0 Å². The minimum absolute atomic E-state index is 0.00868. The second kappa shape index (κ2) is 6.90. The van der Waals surface area contributed by atoms with Gasteiger partial charge in [0.1, 0.15) is 0 Å². The van der Waals surface area contributed by atoms with Gasteiger partial charge in [-0.05, 0) is 36.6 Å². The third-order valence-corrected chi connectivity index (χ3v) is 3.49. The van der Waals surface area contributed by atoms with Gasteiger partial charge in [0.2, 0.25) is 0 Å². The standard InChI is InChI=1S/C17H21N3O/c1-3-15(13-7-5-4-6-8-13)19-17(21)14-10-9-12(2)11-16(14)20-18/h4-11,15,20H,3,18H2,1-2H3,(H,19,21). The highest BCUT2D eigenvalue weighted by Crippen LogP contribution is 2.20. The van der Waals surface area contributed by atoms with Gasteiger partial charge in [0.05, 0.1) is 17.3 Å². The molecule has 1 atom stereocenters. The zero-order valence-electron chi connectivity index (χ0n) is 12.4. The number of hydrazine groups is 1. The van der Waals surface area contributed by atoms with Crippen LogP contribution >= 0.6 is 0 Å². The van der Waals surface area contributed by atoms with Crippen LogP contribution in [0, 0.1) is 6.92 Å². The van der Waals surface area contributed by atoms with Crippen LogP contribution in [0.1, 0.15) is 40.9 Å². The van der Waals surface area contributed by atoms with Gasteiger partial charge in [0.25, 0.3) is 5.91 Å². The van der Waals surface area contributed by atoms with Crippen molar-refractivity contribution in [3.05, 3.63) is 65.2 Å². The quantitative estimate of drug-likeness (QED) is 0.583. The Hall–Kier alpha value is -2.33. The van der Waals surface area contributed by atoms with Crippen molar-refractivity contribution < 1.29 is 4.79 Å². The number of benzene rings is 2. The first-order valence-electron chi connectivity index (χ1n) is 7.08. The molecule has 21 heavy (non-hydrogen) atoms. The summed E-state index contributed by atoms with van der Waals surface area (Å²) in [4.78, 5) is 12.5. The van der Waals surface area contributed by atoms with Crippen LogP contribution in [-0.2, 0) is 0 Å². The molecular formula is C17H21N3O. The Labute approximate surface area is 125 Å². The fourth-order valence-corrected chi connectivity index (χ4v) is 2.32. The van der Waals surface area contributed by atoms with Gasteiger partial charge in [-0.3, -0.25) is 10.6 Å². The molecule has 1 unspecified atom stereocenters. The Morgan fingerprint density at radius 1 is 1.19 bits per heavy atom. The average molecular weight is 283 g/mol. The summed E-state index contributed by atoms with van der Waals surface area (Å²) in [7, 11) is 0. The number of nitrogen functional groups attached to an aromatic ring is 1. The number of nitrogens with one attached hydrogen (secondary N) is 2. The van der Waals surface area contributed by atoms with E-state index < -0.39 is 0 Å². The molecule has 0 aromatic heterocycles. The van der Waals surface area contributed by atoms with Gasteiger partial charge in [-0.2, -0.15) is 0 Å². The van der Waals surface area contributed by atoms with E-state index in [9.17, 15) is 4.79 Å². The van der Waals surface area contributed by atoms with E-state index in [0.29, 0.717) is 11.3 Å². The van der Waals surface area contributed by atoms with E-state index in [4.69, 9.17) is 5.84 Å². The zero-order chi connectivity index (χ0) is 15.2. The Morgan fingerprint density at radius 2 is 1.90 bits per heavy atom. The number of carbonyl (C=O) groups excluding carboxylic acids is 1. The second-order valence-corrected chi connectivity index (χ2v) is 5.04. The number of rotatable bonds is 5. The first-order valence-corrected chi connectivity index (χ1v) is 7.08. The molecule has 0 aliphatic rings. The van der Waals surface area contributed by atoms with Crippen LogP contribution in [0.4, 0.5) is 5.69 Å². The van der Waals surface area contributed by atoms with Crippen molar-refractivity contribution in [3.63, 3.8) is 0 Å². The summed E-state index contributed by atoms with van der Waals surface area (Å²) in [5.41, 5.74) is 5.93. The summed E-state index contributed by atoms with van der Waals surface area (Å²) in [6, 6.07) is 15.5. The lowest BCUT2D eigenvalue weighted by atomic mass is 10.0. The third kappa shape index (κ3) is 3.61. The van der Waals surface area contributed by atoms with Crippen molar-refractivity contribution in [2.45, 2.75) is 26.3 Å². The van der Waals surface area contributed by atoms with Crippen LogP contribution in [0.25, 0.3) is 0 Å². The van der Waals surface area contributed by atoms with Crippen molar-refractivity contribution in [2.24, 2.45) is 5.84 Å². The Bertz CT molecular complexity index is 611. The normalized spacial score (nSPS) is 11.8. The van der Waals surface area contributed by atoms with Crippen molar-refractivity contribution in [1.82, 2.24) is 5.32 Å². The summed E-state index contributed by atoms with van der Waals surface area (Å²) < 4.78 is 0. The summed E-state index contributed by atoms with van der Waals surface area (Å²) in [6.07, 6.45) is 0.826. The van der Waals surface area contributed by atoms with E-state index in [1.807, 2.05) is 49.4 Å². The number of hydrogen-bond acceptors (Lipinski definition) is 3. The van der Waals surface area contributed by atoms with E-state index in [0.717, 1.165) is 17.5 Å². The third-order valence-electron chi connectivity index (χ3n) is 3.49. The number of hydrogen-bond donors (Lipinski definition) is 3. The van der Waals surface area contributed by atoms with Gasteiger partial charge in [-0.1, -0.05) is 43.3 Å². The molecule has 4 nitrogen and oxygen atoms in total. The van der Waals surface area contributed by atoms with Gasteiger partial charge < -0.3 is 10.7 Å². The first kappa shape index (κ1) is 15.1. The molecule has 4 heteroatoms. The number of carbonyl (C=O) groups is 1. The molecule has 0 bridgehead atoms. The monoisotopic (exact) mass is 283 g/mol. The van der Waals surface area contributed by atoms with Gasteiger partial charge in [0, 0.05) is 0 Å². The molecule has 0 saturated carbocycles. The topological polar surface area (TPSA) is 67.2 Å². The molecule has 110 valence electrons. The van der Waals surface area contributed by atoms with Gasteiger partial charge in [-0.25, -0.2) is 0 Å². The molecule has 2 rings (SSSR count). The lowest BCUT2D eigenvalue weighted by Crippen LogP contribution is -2.29. The number of aryl methyl sites for hydroxylation is 1. The smallest absolute Gasteiger partial charge is 0.253 e. The minimum Gasteiger partial charge on any atom is -0.345 e. The molecule has 2 aromatic rings. The number of amides is 1. The average Bonchev–Trinajstić information content (AvgIpc) is 2.53. The molecule has 0 aliphatic carbocycles. The molecule has 0 fully saturated rings. The lowest BCUT2D eigenvalue weighted by molar-refractivity contribution is 0.0936. The maximum atomic E-state index is 12.5. The molecule has 2 aromatic carbocycles. The minimum atomic E-state index is -0.126. The largest absolute Gasteiger partial charge is 0.345 e. The maximum absolute atomic E-state index is 12.5. The fraction of sp³-hybridized carbons (Fsp3) is 0.235. The Kier molecular flexibility index (Phi) is 4.95. The fourth-order valence-electron chi connectivity index (χ4n) is 2.32. The molecule has 0 aliphatic heterocycles. The predicted molar refractivity (Wildman–Crippen MR) is 85.9 cm³/mol. The highest BCUT2D eigenvalue weighted by atomic mass is 16.1. The Morgan fingerprint density at radius 3 is 2.52 bits per heavy atom.